The SMILES string of the molecule is c1ccc(-c2ccc3c4c(nc(-n5c6ccccc6c6c7ccc8c9ccccc9c9ccccc9c8c7ccc65)nc24)-c2ccccc2O3)cc1. The smallest absolute Gasteiger partial charge is 0.235 e. The minimum absolute atomic E-state index is 0.635. The number of aromatic nitrogens is 3. The van der Waals surface area contributed by atoms with Crippen LogP contribution < -0.4 is 4.74 Å². The third-order valence-electron chi connectivity index (χ3n) is 11.0. The second kappa shape index (κ2) is 10.3. The number of nitrogens with zero attached hydrogens (tertiary/aromatic N) is 3. The summed E-state index contributed by atoms with van der Waals surface area (Å²) in [6, 6.07) is 58.3. The van der Waals surface area contributed by atoms with Gasteiger partial charge in [-0.25, -0.2) is 9.97 Å². The highest BCUT2D eigenvalue weighted by molar-refractivity contribution is 6.34. The van der Waals surface area contributed by atoms with Crippen LogP contribution in [0.4, 0.5) is 0 Å². The second-order valence-electron chi connectivity index (χ2n) is 13.7. The molecule has 9 aromatic carbocycles. The van der Waals surface area contributed by atoms with E-state index in [-0.39, 0.29) is 0 Å². The zero-order valence-electron chi connectivity index (χ0n) is 27.8. The number of para-hydroxylation sites is 2. The fourth-order valence-corrected chi connectivity index (χ4v) is 8.79. The van der Waals surface area contributed by atoms with Gasteiger partial charge in [0.05, 0.1) is 27.6 Å². The fourth-order valence-electron chi connectivity index (χ4n) is 8.79. The van der Waals surface area contributed by atoms with Crippen molar-refractivity contribution < 1.29 is 4.74 Å². The molecule has 1 aliphatic rings. The lowest BCUT2D eigenvalue weighted by atomic mass is 9.90. The Hall–Kier alpha value is -7.04. The molecule has 0 bridgehead atoms. The number of hydrogen-bond donors (Lipinski definition) is 0. The molecule has 52 heavy (non-hydrogen) atoms. The first-order valence-corrected chi connectivity index (χ1v) is 17.7. The molecule has 240 valence electrons. The molecule has 3 heterocycles. The molecule has 0 unspecified atom stereocenters. The minimum atomic E-state index is 0.635. The average molecular weight is 662 g/mol. The van der Waals surface area contributed by atoms with Gasteiger partial charge in [0.2, 0.25) is 5.95 Å². The molecular weight excluding hydrogens is 635 g/mol. The van der Waals surface area contributed by atoms with Crippen LogP contribution in [0.15, 0.2) is 164 Å². The van der Waals surface area contributed by atoms with Gasteiger partial charge < -0.3 is 4.74 Å². The van der Waals surface area contributed by atoms with Crippen LogP contribution in [0.1, 0.15) is 0 Å². The van der Waals surface area contributed by atoms with Crippen LogP contribution in [0.25, 0.3) is 104 Å². The van der Waals surface area contributed by atoms with Crippen molar-refractivity contribution >= 4 is 75.8 Å². The third kappa shape index (κ3) is 3.65. The van der Waals surface area contributed by atoms with Gasteiger partial charge in [0.25, 0.3) is 0 Å². The van der Waals surface area contributed by atoms with E-state index >= 15 is 0 Å². The number of hydrogen-bond acceptors (Lipinski definition) is 3. The summed E-state index contributed by atoms with van der Waals surface area (Å²) in [6.45, 7) is 0. The number of ether oxygens (including phenoxy) is 1. The summed E-state index contributed by atoms with van der Waals surface area (Å²) in [4.78, 5) is 10.9. The van der Waals surface area contributed by atoms with E-state index in [0.29, 0.717) is 5.95 Å². The highest BCUT2D eigenvalue weighted by Crippen LogP contribution is 2.48. The van der Waals surface area contributed by atoms with Gasteiger partial charge >= 0.3 is 0 Å². The summed E-state index contributed by atoms with van der Waals surface area (Å²) in [5.74, 6) is 2.21. The Kier molecular flexibility index (Phi) is 5.47. The molecule has 0 amide bonds. The van der Waals surface area contributed by atoms with Crippen molar-refractivity contribution in [3.63, 3.8) is 0 Å². The Morgan fingerprint density at radius 3 is 1.77 bits per heavy atom. The largest absolute Gasteiger partial charge is 0.456 e. The third-order valence-corrected chi connectivity index (χ3v) is 11.0. The summed E-state index contributed by atoms with van der Waals surface area (Å²) in [5.41, 5.74) is 7.00. The van der Waals surface area contributed by atoms with E-state index in [9.17, 15) is 0 Å². The lowest BCUT2D eigenvalue weighted by Gasteiger charge is -2.22. The number of rotatable bonds is 2. The van der Waals surface area contributed by atoms with E-state index in [1.807, 2.05) is 24.3 Å². The van der Waals surface area contributed by atoms with Gasteiger partial charge in [-0.2, -0.15) is 0 Å². The van der Waals surface area contributed by atoms with Crippen LogP contribution in [0.5, 0.6) is 11.5 Å². The first-order chi connectivity index (χ1) is 25.8. The monoisotopic (exact) mass is 661 g/mol. The molecule has 1 aliphatic heterocycles. The van der Waals surface area contributed by atoms with Crippen molar-refractivity contribution in [2.75, 3.05) is 0 Å². The van der Waals surface area contributed by atoms with E-state index in [4.69, 9.17) is 14.7 Å². The van der Waals surface area contributed by atoms with Crippen LogP contribution in [0.3, 0.4) is 0 Å². The molecule has 4 heteroatoms. The van der Waals surface area contributed by atoms with Gasteiger partial charge in [-0.3, -0.25) is 4.57 Å². The second-order valence-corrected chi connectivity index (χ2v) is 13.7. The molecule has 4 nitrogen and oxygen atoms in total. The molecular formula is C48H27N3O. The van der Waals surface area contributed by atoms with Crippen LogP contribution >= 0.6 is 0 Å². The molecule has 2 aromatic heterocycles. The maximum Gasteiger partial charge on any atom is 0.235 e. The van der Waals surface area contributed by atoms with Crippen LogP contribution in [0, 0.1) is 0 Å². The lowest BCUT2D eigenvalue weighted by Crippen LogP contribution is -2.07. The quantitative estimate of drug-likeness (QED) is 0.173. The van der Waals surface area contributed by atoms with E-state index in [0.717, 1.165) is 55.8 Å². The van der Waals surface area contributed by atoms with Gasteiger partial charge in [0.1, 0.15) is 11.5 Å². The highest BCUT2D eigenvalue weighted by atomic mass is 16.5. The molecule has 0 saturated heterocycles. The Morgan fingerprint density at radius 1 is 0.365 bits per heavy atom. The number of benzene rings is 9. The van der Waals surface area contributed by atoms with Crippen LogP contribution in [0.2, 0.25) is 0 Å². The molecule has 0 saturated carbocycles. The summed E-state index contributed by atoms with van der Waals surface area (Å²) < 4.78 is 8.72. The maximum absolute atomic E-state index is 6.47. The van der Waals surface area contributed by atoms with Crippen molar-refractivity contribution in [3.05, 3.63) is 164 Å². The van der Waals surface area contributed by atoms with Crippen molar-refractivity contribution in [1.82, 2.24) is 14.5 Å². The molecule has 0 radical (unpaired) electrons. The van der Waals surface area contributed by atoms with E-state index in [2.05, 4.69) is 144 Å². The standard InChI is InChI=1S/C48H27N3O/c1-2-12-28(13-3-1)29-25-27-42-45-46(29)49-48(50-47(45)38-19-9-11-21-41(38)52-42)51-39-20-10-8-18-37(39)44-36-23-22-34-32-16-5-4-14-30(32)31-15-6-7-17-33(31)43(34)35(36)24-26-40(44)51/h1-27H. The molecule has 12 rings (SSSR count). The number of fused-ring (bicyclic) bond motifs is 14. The van der Waals surface area contributed by atoms with Gasteiger partial charge in [0.15, 0.2) is 0 Å². The fraction of sp³-hybridized carbons (Fsp3) is 0. The predicted molar refractivity (Wildman–Crippen MR) is 215 cm³/mol. The van der Waals surface area contributed by atoms with Crippen LogP contribution in [-0.4, -0.2) is 14.5 Å². The predicted octanol–water partition coefficient (Wildman–Crippen LogP) is 12.8. The van der Waals surface area contributed by atoms with Gasteiger partial charge in [-0.15, -0.1) is 0 Å². The van der Waals surface area contributed by atoms with Crippen molar-refractivity contribution in [2.24, 2.45) is 0 Å². The van der Waals surface area contributed by atoms with E-state index < -0.39 is 0 Å². The van der Waals surface area contributed by atoms with Gasteiger partial charge in [-0.05, 0) is 85.1 Å². The summed E-state index contributed by atoms with van der Waals surface area (Å²) in [6.07, 6.45) is 0. The average Bonchev–Trinajstić information content (AvgIpc) is 3.56. The Labute approximate surface area is 297 Å². The zero-order valence-corrected chi connectivity index (χ0v) is 27.8. The van der Waals surface area contributed by atoms with Crippen molar-refractivity contribution in [1.29, 1.82) is 0 Å². The molecule has 0 atom stereocenters. The lowest BCUT2D eigenvalue weighted by molar-refractivity contribution is 0.486. The Balaban J connectivity index is 1.23. The summed E-state index contributed by atoms with van der Waals surface area (Å²) in [7, 11) is 0. The minimum Gasteiger partial charge on any atom is -0.456 e. The normalized spacial score (nSPS) is 12.4. The Morgan fingerprint density at radius 2 is 0.962 bits per heavy atom. The van der Waals surface area contributed by atoms with Crippen LogP contribution in [-0.2, 0) is 0 Å². The van der Waals surface area contributed by atoms with Gasteiger partial charge in [-0.1, -0.05) is 127 Å². The summed E-state index contributed by atoms with van der Waals surface area (Å²) in [5, 5.41) is 13.4. The molecule has 0 aliphatic carbocycles. The topological polar surface area (TPSA) is 39.9 Å². The molecule has 11 aromatic rings. The highest BCUT2D eigenvalue weighted by Gasteiger charge is 2.27. The van der Waals surface area contributed by atoms with Crippen molar-refractivity contribution in [2.45, 2.75) is 0 Å². The maximum atomic E-state index is 6.47. The van der Waals surface area contributed by atoms with Gasteiger partial charge in [0, 0.05) is 21.9 Å². The van der Waals surface area contributed by atoms with Crippen molar-refractivity contribution in [3.8, 4) is 39.8 Å². The Bertz CT molecular complexity index is 3290. The first kappa shape index (κ1) is 27.7. The van der Waals surface area contributed by atoms with E-state index in [1.54, 1.807) is 0 Å². The molecule has 0 fully saturated rings. The van der Waals surface area contributed by atoms with E-state index in [1.165, 1.54) is 53.9 Å². The summed E-state index contributed by atoms with van der Waals surface area (Å²) >= 11 is 0. The zero-order chi connectivity index (χ0) is 33.9. The first-order valence-electron chi connectivity index (χ1n) is 17.7. The molecule has 0 N–H and O–H groups in total. The molecule has 0 spiro atoms.